The van der Waals surface area contributed by atoms with Crippen LogP contribution in [0.5, 0.6) is 0 Å². The Bertz CT molecular complexity index is 975. The van der Waals surface area contributed by atoms with Crippen molar-refractivity contribution >= 4 is 22.8 Å². The first kappa shape index (κ1) is 17.3. The first-order valence-electron chi connectivity index (χ1n) is 8.49. The third-order valence-electron chi connectivity index (χ3n) is 4.53. The summed E-state index contributed by atoms with van der Waals surface area (Å²) in [5, 5.41) is 6.74. The second-order valence-electron chi connectivity index (χ2n) is 6.35. The monoisotopic (exact) mass is 375 g/mol. The minimum absolute atomic E-state index is 0.183. The van der Waals surface area contributed by atoms with Gasteiger partial charge in [0.05, 0.1) is 29.2 Å². The fourth-order valence-corrected chi connectivity index (χ4v) is 3.15. The number of carbonyl (C=O) groups excluding carboxylic acids is 1. The van der Waals surface area contributed by atoms with Crippen molar-refractivity contribution in [2.75, 3.05) is 23.3 Å². The van der Waals surface area contributed by atoms with Crippen LogP contribution in [0.25, 0.3) is 5.52 Å². The molecule has 0 spiro atoms. The van der Waals surface area contributed by atoms with E-state index < -0.39 is 17.8 Å². The molecule has 0 aliphatic carbocycles. The molecule has 0 unspecified atom stereocenters. The number of halogens is 3. The van der Waals surface area contributed by atoms with Crippen LogP contribution in [0, 0.1) is 0 Å². The Morgan fingerprint density at radius 3 is 2.56 bits per heavy atom. The Hall–Kier alpha value is -3.10. The zero-order chi connectivity index (χ0) is 19.0. The van der Waals surface area contributed by atoms with E-state index in [1.54, 1.807) is 10.7 Å². The lowest BCUT2D eigenvalue weighted by molar-refractivity contribution is -0.141. The Morgan fingerprint density at radius 1 is 1.11 bits per heavy atom. The van der Waals surface area contributed by atoms with Crippen LogP contribution in [-0.4, -0.2) is 33.6 Å². The lowest BCUT2D eigenvalue weighted by Crippen LogP contribution is -2.18. The highest BCUT2D eigenvalue weighted by atomic mass is 19.4. The number of nitrogens with zero attached hydrogens (tertiary/aromatic N) is 4. The summed E-state index contributed by atoms with van der Waals surface area (Å²) in [7, 11) is 0. The summed E-state index contributed by atoms with van der Waals surface area (Å²) >= 11 is 0. The summed E-state index contributed by atoms with van der Waals surface area (Å²) in [6.45, 7) is 1.95. The maximum atomic E-state index is 12.6. The zero-order valence-electron chi connectivity index (χ0n) is 14.2. The van der Waals surface area contributed by atoms with Crippen molar-refractivity contribution in [2.45, 2.75) is 19.0 Å². The number of anilines is 2. The Labute approximate surface area is 152 Å². The minimum atomic E-state index is -4.52. The molecule has 1 saturated heterocycles. The Balaban J connectivity index is 1.58. The van der Waals surface area contributed by atoms with Crippen molar-refractivity contribution in [1.29, 1.82) is 0 Å². The second kappa shape index (κ2) is 6.57. The third kappa shape index (κ3) is 3.44. The summed E-state index contributed by atoms with van der Waals surface area (Å²) in [4.78, 5) is 18.2. The number of rotatable bonds is 3. The van der Waals surface area contributed by atoms with Crippen LogP contribution in [0.15, 0.2) is 42.9 Å². The molecular formula is C18H16F3N5O. The van der Waals surface area contributed by atoms with Gasteiger partial charge >= 0.3 is 6.18 Å². The lowest BCUT2D eigenvalue weighted by Gasteiger charge is -2.17. The van der Waals surface area contributed by atoms with Crippen molar-refractivity contribution in [2.24, 2.45) is 0 Å². The number of hydrogen-bond donors (Lipinski definition) is 1. The molecule has 1 aliphatic rings. The standard InChI is InChI=1S/C18H16F3N5O/c19-18(20,21)16-4-3-12(10-22-16)24-17(27)14-11-23-26-8-5-13(9-15(14)26)25-6-1-2-7-25/h3-5,8-11H,1-2,6-7H2,(H,24,27). The van der Waals surface area contributed by atoms with Gasteiger partial charge in [-0.15, -0.1) is 0 Å². The molecule has 0 radical (unpaired) electrons. The first-order valence-corrected chi connectivity index (χ1v) is 8.49. The van der Waals surface area contributed by atoms with Gasteiger partial charge in [-0.2, -0.15) is 18.3 Å². The molecule has 4 rings (SSSR count). The van der Waals surface area contributed by atoms with Crippen LogP contribution < -0.4 is 10.2 Å². The van der Waals surface area contributed by atoms with Gasteiger partial charge in [0, 0.05) is 25.0 Å². The molecule has 0 bridgehead atoms. The molecule has 3 aromatic rings. The van der Waals surface area contributed by atoms with Crippen LogP contribution in [-0.2, 0) is 6.18 Å². The normalized spacial score (nSPS) is 14.7. The Morgan fingerprint density at radius 2 is 1.89 bits per heavy atom. The molecule has 0 atom stereocenters. The summed E-state index contributed by atoms with van der Waals surface area (Å²) < 4.78 is 39.3. The topological polar surface area (TPSA) is 62.5 Å². The summed E-state index contributed by atoms with van der Waals surface area (Å²) in [5.74, 6) is -0.454. The Kier molecular flexibility index (Phi) is 4.21. The molecule has 1 fully saturated rings. The first-order chi connectivity index (χ1) is 12.9. The molecule has 140 valence electrons. The molecule has 9 heteroatoms. The van der Waals surface area contributed by atoms with Gasteiger partial charge in [0.25, 0.3) is 5.91 Å². The van der Waals surface area contributed by atoms with Gasteiger partial charge in [0.2, 0.25) is 0 Å². The minimum Gasteiger partial charge on any atom is -0.371 e. The highest BCUT2D eigenvalue weighted by molar-refractivity contribution is 6.08. The number of fused-ring (bicyclic) bond motifs is 1. The van der Waals surface area contributed by atoms with Gasteiger partial charge in [0.1, 0.15) is 5.69 Å². The number of alkyl halides is 3. The average molecular weight is 375 g/mol. The number of hydrogen-bond acceptors (Lipinski definition) is 4. The van der Waals surface area contributed by atoms with E-state index in [0.29, 0.717) is 11.1 Å². The fourth-order valence-electron chi connectivity index (χ4n) is 3.15. The van der Waals surface area contributed by atoms with Gasteiger partial charge < -0.3 is 10.2 Å². The molecule has 0 aromatic carbocycles. The predicted octanol–water partition coefficient (Wildman–Crippen LogP) is 3.60. The van der Waals surface area contributed by atoms with Gasteiger partial charge in [-0.25, -0.2) is 9.50 Å². The average Bonchev–Trinajstić information content (AvgIpc) is 3.30. The number of aromatic nitrogens is 3. The fraction of sp³-hybridized carbons (Fsp3) is 0.278. The van der Waals surface area contributed by atoms with Crippen LogP contribution in [0.4, 0.5) is 24.5 Å². The summed E-state index contributed by atoms with van der Waals surface area (Å²) in [5.41, 5.74) is 1.17. The summed E-state index contributed by atoms with van der Waals surface area (Å²) in [6.07, 6.45) is 1.98. The van der Waals surface area contributed by atoms with Crippen LogP contribution >= 0.6 is 0 Å². The number of carbonyl (C=O) groups is 1. The van der Waals surface area contributed by atoms with E-state index in [-0.39, 0.29) is 5.69 Å². The quantitative estimate of drug-likeness (QED) is 0.760. The van der Waals surface area contributed by atoms with Crippen molar-refractivity contribution < 1.29 is 18.0 Å². The smallest absolute Gasteiger partial charge is 0.371 e. The highest BCUT2D eigenvalue weighted by Crippen LogP contribution is 2.28. The van der Waals surface area contributed by atoms with E-state index in [2.05, 4.69) is 20.3 Å². The predicted molar refractivity (Wildman–Crippen MR) is 93.8 cm³/mol. The van der Waals surface area contributed by atoms with E-state index >= 15 is 0 Å². The maximum Gasteiger partial charge on any atom is 0.433 e. The van der Waals surface area contributed by atoms with Gasteiger partial charge in [-0.3, -0.25) is 4.79 Å². The second-order valence-corrected chi connectivity index (χ2v) is 6.35. The van der Waals surface area contributed by atoms with Crippen LogP contribution in [0.2, 0.25) is 0 Å². The van der Waals surface area contributed by atoms with Crippen molar-refractivity contribution in [3.63, 3.8) is 0 Å². The third-order valence-corrected chi connectivity index (χ3v) is 4.53. The molecule has 0 saturated carbocycles. The zero-order valence-corrected chi connectivity index (χ0v) is 14.2. The van der Waals surface area contributed by atoms with Crippen LogP contribution in [0.1, 0.15) is 28.9 Å². The lowest BCUT2D eigenvalue weighted by atomic mass is 10.2. The van der Waals surface area contributed by atoms with E-state index in [9.17, 15) is 18.0 Å². The van der Waals surface area contributed by atoms with Gasteiger partial charge in [0.15, 0.2) is 0 Å². The highest BCUT2D eigenvalue weighted by Gasteiger charge is 2.32. The number of amides is 1. The SMILES string of the molecule is O=C(Nc1ccc(C(F)(F)F)nc1)c1cnn2ccc(N3CCCC3)cc12. The molecule has 1 N–H and O–H groups in total. The molecule has 1 amide bonds. The van der Waals surface area contributed by atoms with Gasteiger partial charge in [-0.1, -0.05) is 0 Å². The maximum absolute atomic E-state index is 12.6. The van der Waals surface area contributed by atoms with E-state index in [4.69, 9.17) is 0 Å². The molecular weight excluding hydrogens is 359 g/mol. The largest absolute Gasteiger partial charge is 0.433 e. The summed E-state index contributed by atoms with van der Waals surface area (Å²) in [6, 6.07) is 5.86. The van der Waals surface area contributed by atoms with E-state index in [1.807, 2.05) is 12.1 Å². The molecule has 27 heavy (non-hydrogen) atoms. The van der Waals surface area contributed by atoms with Gasteiger partial charge in [-0.05, 0) is 37.1 Å². The number of pyridine rings is 2. The molecule has 6 nitrogen and oxygen atoms in total. The van der Waals surface area contributed by atoms with E-state index in [1.165, 1.54) is 12.3 Å². The van der Waals surface area contributed by atoms with Crippen molar-refractivity contribution in [1.82, 2.24) is 14.6 Å². The van der Waals surface area contributed by atoms with E-state index in [0.717, 1.165) is 43.9 Å². The molecule has 1 aliphatic heterocycles. The molecule has 3 aromatic heterocycles. The molecule has 4 heterocycles. The van der Waals surface area contributed by atoms with Crippen molar-refractivity contribution in [3.8, 4) is 0 Å². The number of nitrogens with one attached hydrogen (secondary N) is 1. The van der Waals surface area contributed by atoms with Crippen LogP contribution in [0.3, 0.4) is 0 Å². The van der Waals surface area contributed by atoms with Crippen molar-refractivity contribution in [3.05, 3.63) is 54.1 Å².